The molecule has 2 aromatic rings. The first kappa shape index (κ1) is 19.7. The van der Waals surface area contributed by atoms with Crippen LogP contribution in [0, 0.1) is 18.7 Å². The minimum Gasteiger partial charge on any atom is -0.360 e. The fourth-order valence-electron chi connectivity index (χ4n) is 2.96. The van der Waals surface area contributed by atoms with Gasteiger partial charge < -0.3 is 15.2 Å². The van der Waals surface area contributed by atoms with Gasteiger partial charge in [0.2, 0.25) is 0 Å². The Hall–Kier alpha value is -1.63. The van der Waals surface area contributed by atoms with Gasteiger partial charge in [-0.2, -0.15) is 0 Å². The van der Waals surface area contributed by atoms with Gasteiger partial charge in [0, 0.05) is 6.54 Å². The summed E-state index contributed by atoms with van der Waals surface area (Å²) in [7, 11) is 0. The van der Waals surface area contributed by atoms with Crippen molar-refractivity contribution in [2.45, 2.75) is 19.8 Å². The summed E-state index contributed by atoms with van der Waals surface area (Å²) in [5.74, 6) is -0.137. The number of benzene rings is 1. The van der Waals surface area contributed by atoms with Gasteiger partial charge in [-0.25, -0.2) is 4.39 Å². The maximum Gasteiger partial charge on any atom is 0.257 e. The molecule has 1 aromatic heterocycles. The second kappa shape index (κ2) is 8.65. The molecule has 1 unspecified atom stereocenters. The number of piperidine rings is 1. The van der Waals surface area contributed by atoms with Crippen molar-refractivity contribution in [3.8, 4) is 11.3 Å². The number of carbonyl (C=O) groups is 1. The number of nitrogens with one attached hydrogen (secondary N) is 2. The van der Waals surface area contributed by atoms with Crippen LogP contribution in [0.1, 0.15) is 29.0 Å². The maximum atomic E-state index is 14.2. The van der Waals surface area contributed by atoms with Crippen LogP contribution in [0.25, 0.3) is 11.3 Å². The first-order chi connectivity index (χ1) is 11.6. The highest BCUT2D eigenvalue weighted by Gasteiger charge is 2.26. The lowest BCUT2D eigenvalue weighted by Crippen LogP contribution is -2.38. The topological polar surface area (TPSA) is 67.2 Å². The molecule has 3 rings (SSSR count). The standard InChI is InChI=1S/C17H19ClFN3O2.ClH/c1-10-14(17(23)21-9-11-4-3-7-20-8-11)16(22-24-10)15-12(18)5-2-6-13(15)19;/h2,5-6,11,20H,3-4,7-9H2,1H3,(H,21,23);1H. The van der Waals surface area contributed by atoms with Gasteiger partial charge in [0.05, 0.1) is 10.6 Å². The maximum absolute atomic E-state index is 14.2. The molecule has 0 spiro atoms. The van der Waals surface area contributed by atoms with E-state index in [1.54, 1.807) is 13.0 Å². The van der Waals surface area contributed by atoms with Gasteiger partial charge in [0.1, 0.15) is 22.8 Å². The van der Waals surface area contributed by atoms with Crippen LogP contribution in [0.15, 0.2) is 22.7 Å². The van der Waals surface area contributed by atoms with Crippen molar-refractivity contribution in [1.29, 1.82) is 0 Å². The van der Waals surface area contributed by atoms with Gasteiger partial charge in [-0.3, -0.25) is 4.79 Å². The summed E-state index contributed by atoms with van der Waals surface area (Å²) in [6.45, 7) is 4.09. The smallest absolute Gasteiger partial charge is 0.257 e. The van der Waals surface area contributed by atoms with Gasteiger partial charge in [0.15, 0.2) is 0 Å². The van der Waals surface area contributed by atoms with E-state index >= 15 is 0 Å². The largest absolute Gasteiger partial charge is 0.360 e. The van der Waals surface area contributed by atoms with E-state index in [4.69, 9.17) is 16.1 Å². The Balaban J connectivity index is 0.00000225. The highest BCUT2D eigenvalue weighted by molar-refractivity contribution is 6.33. The summed E-state index contributed by atoms with van der Waals surface area (Å²) >= 11 is 6.09. The predicted molar refractivity (Wildman–Crippen MR) is 96.8 cm³/mol. The zero-order valence-corrected chi connectivity index (χ0v) is 15.3. The molecule has 1 saturated heterocycles. The summed E-state index contributed by atoms with van der Waals surface area (Å²) in [6, 6.07) is 4.34. The molecule has 1 aliphatic heterocycles. The molecular formula is C17H20Cl2FN3O2. The molecule has 2 N–H and O–H groups in total. The predicted octanol–water partition coefficient (Wildman–Crippen LogP) is 3.59. The number of aryl methyl sites for hydroxylation is 1. The second-order valence-corrected chi connectivity index (χ2v) is 6.39. The van der Waals surface area contributed by atoms with Crippen molar-refractivity contribution in [3.05, 3.63) is 40.4 Å². The molecule has 1 fully saturated rings. The molecule has 0 aliphatic carbocycles. The third kappa shape index (κ3) is 4.32. The van der Waals surface area contributed by atoms with Gasteiger partial charge in [-0.15, -0.1) is 12.4 Å². The van der Waals surface area contributed by atoms with Crippen molar-refractivity contribution >= 4 is 29.9 Å². The molecule has 25 heavy (non-hydrogen) atoms. The third-order valence-corrected chi connectivity index (χ3v) is 4.55. The Bertz CT molecular complexity index is 725. The van der Waals surface area contributed by atoms with E-state index in [1.807, 2.05) is 0 Å². The average molecular weight is 388 g/mol. The summed E-state index contributed by atoms with van der Waals surface area (Å²) in [4.78, 5) is 12.6. The van der Waals surface area contributed by atoms with Crippen LogP contribution < -0.4 is 10.6 Å². The summed E-state index contributed by atoms with van der Waals surface area (Å²) in [5, 5.41) is 10.2. The number of rotatable bonds is 4. The molecule has 8 heteroatoms. The van der Waals surface area contributed by atoms with Crippen molar-refractivity contribution in [1.82, 2.24) is 15.8 Å². The van der Waals surface area contributed by atoms with E-state index in [9.17, 15) is 9.18 Å². The third-order valence-electron chi connectivity index (χ3n) is 4.24. The van der Waals surface area contributed by atoms with Crippen LogP contribution >= 0.6 is 24.0 Å². The summed E-state index contributed by atoms with van der Waals surface area (Å²) < 4.78 is 19.3. The Labute approximate surface area is 156 Å². The first-order valence-electron chi connectivity index (χ1n) is 7.97. The Kier molecular flexibility index (Phi) is 6.81. The number of hydrogen-bond donors (Lipinski definition) is 2. The number of aromatic nitrogens is 1. The van der Waals surface area contributed by atoms with Crippen LogP contribution in [0.4, 0.5) is 4.39 Å². The van der Waals surface area contributed by atoms with Crippen molar-refractivity contribution in [2.24, 2.45) is 5.92 Å². The molecule has 1 aliphatic rings. The van der Waals surface area contributed by atoms with E-state index in [0.29, 0.717) is 18.2 Å². The fourth-order valence-corrected chi connectivity index (χ4v) is 3.21. The van der Waals surface area contributed by atoms with Crippen molar-refractivity contribution in [3.63, 3.8) is 0 Å². The van der Waals surface area contributed by atoms with E-state index in [2.05, 4.69) is 15.8 Å². The second-order valence-electron chi connectivity index (χ2n) is 5.98. The molecule has 5 nitrogen and oxygen atoms in total. The van der Waals surface area contributed by atoms with E-state index in [-0.39, 0.29) is 40.2 Å². The van der Waals surface area contributed by atoms with Gasteiger partial charge in [-0.05, 0) is 50.9 Å². The fraction of sp³-hybridized carbons (Fsp3) is 0.412. The van der Waals surface area contributed by atoms with E-state index < -0.39 is 5.82 Å². The lowest BCUT2D eigenvalue weighted by molar-refractivity contribution is 0.0944. The molecule has 136 valence electrons. The Morgan fingerprint density at radius 3 is 3.00 bits per heavy atom. The molecular weight excluding hydrogens is 368 g/mol. The Morgan fingerprint density at radius 1 is 1.52 bits per heavy atom. The number of amides is 1. The zero-order chi connectivity index (χ0) is 17.1. The normalized spacial score (nSPS) is 17.0. The van der Waals surface area contributed by atoms with Crippen LogP contribution in [0.5, 0.6) is 0 Å². The molecule has 1 amide bonds. The molecule has 0 bridgehead atoms. The number of nitrogens with zero attached hydrogens (tertiary/aromatic N) is 1. The first-order valence-corrected chi connectivity index (χ1v) is 8.35. The molecule has 1 atom stereocenters. The number of carbonyl (C=O) groups excluding carboxylic acids is 1. The lowest BCUT2D eigenvalue weighted by atomic mass is 9.99. The molecule has 0 saturated carbocycles. The summed E-state index contributed by atoms with van der Waals surface area (Å²) in [5.41, 5.74) is 0.445. The van der Waals surface area contributed by atoms with Crippen molar-refractivity contribution in [2.75, 3.05) is 19.6 Å². The SMILES string of the molecule is Cc1onc(-c2c(F)cccc2Cl)c1C(=O)NCC1CCCNC1.Cl. The minimum atomic E-state index is -0.540. The molecule has 1 aromatic carbocycles. The van der Waals surface area contributed by atoms with Crippen LogP contribution in [0.2, 0.25) is 5.02 Å². The van der Waals surface area contributed by atoms with Crippen LogP contribution in [-0.2, 0) is 0 Å². The summed E-state index contributed by atoms with van der Waals surface area (Å²) in [6.07, 6.45) is 2.17. The van der Waals surface area contributed by atoms with Crippen LogP contribution in [0.3, 0.4) is 0 Å². The van der Waals surface area contributed by atoms with Crippen LogP contribution in [-0.4, -0.2) is 30.7 Å². The number of halogens is 3. The van der Waals surface area contributed by atoms with Gasteiger partial charge in [-0.1, -0.05) is 22.8 Å². The number of hydrogen-bond acceptors (Lipinski definition) is 4. The molecule has 2 heterocycles. The molecule has 0 radical (unpaired) electrons. The highest BCUT2D eigenvalue weighted by atomic mass is 35.5. The monoisotopic (exact) mass is 387 g/mol. The average Bonchev–Trinajstić information content (AvgIpc) is 2.95. The van der Waals surface area contributed by atoms with Crippen molar-refractivity contribution < 1.29 is 13.7 Å². The van der Waals surface area contributed by atoms with E-state index in [0.717, 1.165) is 25.9 Å². The van der Waals surface area contributed by atoms with Gasteiger partial charge >= 0.3 is 0 Å². The highest BCUT2D eigenvalue weighted by Crippen LogP contribution is 2.33. The van der Waals surface area contributed by atoms with E-state index in [1.165, 1.54) is 12.1 Å². The minimum absolute atomic E-state index is 0. The Morgan fingerprint density at radius 2 is 2.32 bits per heavy atom. The quantitative estimate of drug-likeness (QED) is 0.840. The zero-order valence-electron chi connectivity index (χ0n) is 13.8. The van der Waals surface area contributed by atoms with Gasteiger partial charge in [0.25, 0.3) is 5.91 Å². The lowest BCUT2D eigenvalue weighted by Gasteiger charge is -2.22.